The fraction of sp³-hybridized carbons (Fsp3) is 0.438. The van der Waals surface area contributed by atoms with E-state index in [1.54, 1.807) is 0 Å². The molecule has 90 valence electrons. The van der Waals surface area contributed by atoms with E-state index >= 15 is 0 Å². The number of hydrogen-bond donors (Lipinski definition) is 0. The smallest absolute Gasteiger partial charge is 0.111 e. The highest BCUT2D eigenvalue weighted by molar-refractivity contribution is 5.26. The van der Waals surface area contributed by atoms with E-state index in [-0.39, 0.29) is 6.10 Å². The van der Waals surface area contributed by atoms with E-state index in [0.29, 0.717) is 5.92 Å². The van der Waals surface area contributed by atoms with Crippen molar-refractivity contribution in [1.82, 2.24) is 0 Å². The molecule has 2 rings (SSSR count). The molecule has 0 amide bonds. The zero-order valence-electron chi connectivity index (χ0n) is 10.5. The van der Waals surface area contributed by atoms with Crippen LogP contribution >= 0.6 is 0 Å². The Labute approximate surface area is 104 Å². The van der Waals surface area contributed by atoms with Gasteiger partial charge in [0, 0.05) is 5.57 Å². The summed E-state index contributed by atoms with van der Waals surface area (Å²) in [5, 5.41) is 0. The highest BCUT2D eigenvalue weighted by atomic mass is 16.5. The molecular weight excluding hydrogens is 208 g/mol. The van der Waals surface area contributed by atoms with Gasteiger partial charge in [-0.25, -0.2) is 0 Å². The van der Waals surface area contributed by atoms with Gasteiger partial charge in [0.2, 0.25) is 0 Å². The van der Waals surface area contributed by atoms with Gasteiger partial charge in [0.05, 0.1) is 6.61 Å². The van der Waals surface area contributed by atoms with Crippen LogP contribution in [0.2, 0.25) is 0 Å². The lowest BCUT2D eigenvalue weighted by Gasteiger charge is -2.17. The Morgan fingerprint density at radius 1 is 1.35 bits per heavy atom. The third-order valence-electron chi connectivity index (χ3n) is 3.54. The molecule has 1 saturated heterocycles. The molecule has 1 heterocycles. The molecule has 1 aliphatic heterocycles. The van der Waals surface area contributed by atoms with Gasteiger partial charge in [-0.2, -0.15) is 0 Å². The van der Waals surface area contributed by atoms with Crippen LogP contribution < -0.4 is 0 Å². The summed E-state index contributed by atoms with van der Waals surface area (Å²) < 4.78 is 6.06. The summed E-state index contributed by atoms with van der Waals surface area (Å²) >= 11 is 0. The standard InChI is InChI=1S/C16H20O/c1-3-13-10-11-14(4-2)16(17-12-13)15-8-6-5-7-9-15/h5-9,13,16H,2-3,10-12H2,1H3/t13-,16-/m1/s1. The molecule has 1 aliphatic rings. The summed E-state index contributed by atoms with van der Waals surface area (Å²) in [5.74, 6) is 0.673. The molecule has 17 heavy (non-hydrogen) atoms. The minimum absolute atomic E-state index is 0.0604. The minimum Gasteiger partial charge on any atom is -0.368 e. The van der Waals surface area contributed by atoms with Crippen molar-refractivity contribution in [3.05, 3.63) is 53.8 Å². The topological polar surface area (TPSA) is 9.23 Å². The van der Waals surface area contributed by atoms with Gasteiger partial charge in [-0.1, -0.05) is 50.3 Å². The van der Waals surface area contributed by atoms with E-state index in [9.17, 15) is 0 Å². The Morgan fingerprint density at radius 2 is 2.12 bits per heavy atom. The molecule has 0 aliphatic carbocycles. The third-order valence-corrected chi connectivity index (χ3v) is 3.54. The van der Waals surface area contributed by atoms with E-state index < -0.39 is 0 Å². The van der Waals surface area contributed by atoms with Gasteiger partial charge < -0.3 is 4.74 Å². The first kappa shape index (κ1) is 12.2. The molecule has 1 aromatic carbocycles. The highest BCUT2D eigenvalue weighted by Gasteiger charge is 2.23. The minimum atomic E-state index is 0.0604. The first-order chi connectivity index (χ1) is 8.35. The van der Waals surface area contributed by atoms with Crippen LogP contribution in [0.4, 0.5) is 0 Å². The monoisotopic (exact) mass is 228 g/mol. The lowest BCUT2D eigenvalue weighted by molar-refractivity contribution is 0.0597. The van der Waals surface area contributed by atoms with Crippen LogP contribution in [0, 0.1) is 5.92 Å². The van der Waals surface area contributed by atoms with Gasteiger partial charge in [0.1, 0.15) is 6.10 Å². The molecule has 1 nitrogen and oxygen atoms in total. The van der Waals surface area contributed by atoms with E-state index in [1.165, 1.54) is 24.0 Å². The predicted octanol–water partition coefficient (Wildman–Crippen LogP) is 4.28. The van der Waals surface area contributed by atoms with Gasteiger partial charge in [-0.15, -0.1) is 5.73 Å². The van der Waals surface area contributed by atoms with Crippen LogP contribution in [0.3, 0.4) is 0 Å². The van der Waals surface area contributed by atoms with E-state index in [2.05, 4.69) is 43.5 Å². The molecule has 0 spiro atoms. The van der Waals surface area contributed by atoms with Crippen LogP contribution in [-0.2, 0) is 4.74 Å². The molecule has 0 radical (unpaired) electrons. The summed E-state index contributed by atoms with van der Waals surface area (Å²) in [6.45, 7) is 6.89. The van der Waals surface area contributed by atoms with Crippen molar-refractivity contribution in [2.75, 3.05) is 6.61 Å². The second-order valence-electron chi connectivity index (χ2n) is 4.64. The highest BCUT2D eigenvalue weighted by Crippen LogP contribution is 2.33. The van der Waals surface area contributed by atoms with E-state index in [1.807, 2.05) is 6.07 Å². The van der Waals surface area contributed by atoms with Gasteiger partial charge >= 0.3 is 0 Å². The van der Waals surface area contributed by atoms with Crippen molar-refractivity contribution in [3.63, 3.8) is 0 Å². The van der Waals surface area contributed by atoms with Crippen LogP contribution in [-0.4, -0.2) is 6.61 Å². The number of benzene rings is 1. The van der Waals surface area contributed by atoms with E-state index in [4.69, 9.17) is 4.74 Å². The average molecular weight is 228 g/mol. The molecule has 0 bridgehead atoms. The van der Waals surface area contributed by atoms with Gasteiger partial charge in [0.25, 0.3) is 0 Å². The Hall–Kier alpha value is -1.30. The fourth-order valence-electron chi connectivity index (χ4n) is 2.34. The summed E-state index contributed by atoms with van der Waals surface area (Å²) in [4.78, 5) is 0. The fourth-order valence-corrected chi connectivity index (χ4v) is 2.34. The van der Waals surface area contributed by atoms with Crippen molar-refractivity contribution in [3.8, 4) is 0 Å². The molecule has 0 aromatic heterocycles. The molecule has 0 unspecified atom stereocenters. The van der Waals surface area contributed by atoms with Crippen LogP contribution in [0.25, 0.3) is 0 Å². The lowest BCUT2D eigenvalue weighted by Crippen LogP contribution is -2.08. The number of hydrogen-bond acceptors (Lipinski definition) is 1. The van der Waals surface area contributed by atoms with E-state index in [0.717, 1.165) is 13.0 Å². The van der Waals surface area contributed by atoms with Crippen molar-refractivity contribution in [2.45, 2.75) is 32.3 Å². The number of ether oxygens (including phenoxy) is 1. The maximum absolute atomic E-state index is 6.06. The van der Waals surface area contributed by atoms with Crippen LogP contribution in [0.5, 0.6) is 0 Å². The molecule has 2 atom stereocenters. The molecular formula is C16H20O. The maximum atomic E-state index is 6.06. The summed E-state index contributed by atoms with van der Waals surface area (Å²) in [6.07, 6.45) is 3.50. The second kappa shape index (κ2) is 5.86. The summed E-state index contributed by atoms with van der Waals surface area (Å²) in [5.41, 5.74) is 5.50. The second-order valence-corrected chi connectivity index (χ2v) is 4.64. The quantitative estimate of drug-likeness (QED) is 0.687. The van der Waals surface area contributed by atoms with Gasteiger partial charge in [0.15, 0.2) is 0 Å². The largest absolute Gasteiger partial charge is 0.368 e. The van der Waals surface area contributed by atoms with Gasteiger partial charge in [-0.05, 0) is 24.3 Å². The maximum Gasteiger partial charge on any atom is 0.111 e. The van der Waals surface area contributed by atoms with Gasteiger partial charge in [-0.3, -0.25) is 0 Å². The zero-order valence-corrected chi connectivity index (χ0v) is 10.5. The molecule has 1 heteroatoms. The lowest BCUT2D eigenvalue weighted by atomic mass is 9.95. The normalized spacial score (nSPS) is 25.1. The predicted molar refractivity (Wildman–Crippen MR) is 70.8 cm³/mol. The molecule has 1 aromatic rings. The molecule has 1 fully saturated rings. The molecule has 0 N–H and O–H groups in total. The Bertz CT molecular complexity index is 401. The zero-order chi connectivity index (χ0) is 12.1. The number of rotatable bonds is 2. The Kier molecular flexibility index (Phi) is 4.19. The SMILES string of the molecule is C=C=C1CC[C@@H](CC)CO[C@H]1c1ccccc1. The van der Waals surface area contributed by atoms with Crippen LogP contribution in [0.1, 0.15) is 37.9 Å². The van der Waals surface area contributed by atoms with Crippen molar-refractivity contribution in [1.29, 1.82) is 0 Å². The Morgan fingerprint density at radius 3 is 2.76 bits per heavy atom. The van der Waals surface area contributed by atoms with Crippen LogP contribution in [0.15, 0.2) is 48.2 Å². The molecule has 0 saturated carbocycles. The third kappa shape index (κ3) is 2.88. The van der Waals surface area contributed by atoms with Crippen molar-refractivity contribution in [2.24, 2.45) is 5.92 Å². The summed E-state index contributed by atoms with van der Waals surface area (Å²) in [7, 11) is 0. The van der Waals surface area contributed by atoms with Crippen molar-refractivity contribution < 1.29 is 4.74 Å². The first-order valence-corrected chi connectivity index (χ1v) is 6.40. The first-order valence-electron chi connectivity index (χ1n) is 6.40. The Balaban J connectivity index is 2.23. The summed E-state index contributed by atoms with van der Waals surface area (Å²) in [6, 6.07) is 10.4. The van der Waals surface area contributed by atoms with Crippen molar-refractivity contribution >= 4 is 0 Å². The average Bonchev–Trinajstić information content (AvgIpc) is 2.61.